The zero-order valence-electron chi connectivity index (χ0n) is 8.58. The molecule has 0 aliphatic carbocycles. The molecule has 0 aromatic heterocycles. The van der Waals surface area contributed by atoms with Crippen molar-refractivity contribution in [3.05, 3.63) is 11.8 Å². The summed E-state index contributed by atoms with van der Waals surface area (Å²) in [4.78, 5) is 8.88. The molecular formula is C9H19N3O. The van der Waals surface area contributed by atoms with Crippen molar-refractivity contribution in [2.24, 2.45) is 10.7 Å². The van der Waals surface area contributed by atoms with Gasteiger partial charge < -0.3 is 15.6 Å². The van der Waals surface area contributed by atoms with Crippen LogP contribution in [0.15, 0.2) is 16.8 Å². The molecule has 1 aliphatic heterocycles. The van der Waals surface area contributed by atoms with Crippen LogP contribution in [0, 0.1) is 0 Å². The van der Waals surface area contributed by atoms with Crippen molar-refractivity contribution in [1.82, 2.24) is 5.48 Å². The van der Waals surface area contributed by atoms with Crippen molar-refractivity contribution in [2.45, 2.75) is 26.3 Å². The van der Waals surface area contributed by atoms with E-state index in [1.807, 2.05) is 19.9 Å². The summed E-state index contributed by atoms with van der Waals surface area (Å²) in [6.07, 6.45) is 4.45. The molecule has 3 N–H and O–H groups in total. The molecular weight excluding hydrogens is 166 g/mol. The topological polar surface area (TPSA) is 59.6 Å². The number of rotatable bonds is 3. The lowest BCUT2D eigenvalue weighted by Crippen LogP contribution is -2.24. The lowest BCUT2D eigenvalue weighted by molar-refractivity contribution is 0.127. The average molecular weight is 185 g/mol. The van der Waals surface area contributed by atoms with Gasteiger partial charge in [0.1, 0.15) is 5.76 Å². The van der Waals surface area contributed by atoms with Gasteiger partial charge in [-0.1, -0.05) is 13.8 Å². The van der Waals surface area contributed by atoms with Crippen molar-refractivity contribution in [2.75, 3.05) is 13.6 Å². The fourth-order valence-corrected chi connectivity index (χ4v) is 0.871. The first kappa shape index (κ1) is 12.1. The van der Waals surface area contributed by atoms with Crippen LogP contribution >= 0.6 is 0 Å². The fourth-order valence-electron chi connectivity index (χ4n) is 0.871. The fraction of sp³-hybridized carbons (Fsp3) is 0.667. The minimum Gasteiger partial charge on any atom is -0.411 e. The molecule has 4 nitrogen and oxygen atoms in total. The summed E-state index contributed by atoms with van der Waals surface area (Å²) < 4.78 is 0. The predicted molar refractivity (Wildman–Crippen MR) is 55.5 cm³/mol. The van der Waals surface area contributed by atoms with Crippen LogP contribution in [0.4, 0.5) is 0 Å². The summed E-state index contributed by atoms with van der Waals surface area (Å²) >= 11 is 0. The lowest BCUT2D eigenvalue weighted by atomic mass is 10.2. The van der Waals surface area contributed by atoms with Crippen molar-refractivity contribution in [3.63, 3.8) is 0 Å². The van der Waals surface area contributed by atoms with Gasteiger partial charge in [-0.15, -0.1) is 0 Å². The van der Waals surface area contributed by atoms with Gasteiger partial charge in [-0.25, -0.2) is 0 Å². The van der Waals surface area contributed by atoms with Crippen LogP contribution in [0.25, 0.3) is 0 Å². The van der Waals surface area contributed by atoms with Gasteiger partial charge in [0.05, 0.1) is 12.6 Å². The SMILES string of the molecule is CC.CN=CCC(N)C1=CCNO1. The van der Waals surface area contributed by atoms with E-state index in [4.69, 9.17) is 10.6 Å². The normalized spacial score (nSPS) is 17.4. The van der Waals surface area contributed by atoms with E-state index in [9.17, 15) is 0 Å². The standard InChI is InChI=1S/C7H13N3O.C2H6/c1-9-4-2-6(8)7-3-5-10-11-7;1-2/h3-4,6,10H,2,5,8H2,1H3;1-2H3. The van der Waals surface area contributed by atoms with Gasteiger partial charge in [0.2, 0.25) is 0 Å². The van der Waals surface area contributed by atoms with E-state index in [0.29, 0.717) is 0 Å². The molecule has 0 bridgehead atoms. The third kappa shape index (κ3) is 4.65. The highest BCUT2D eigenvalue weighted by Gasteiger charge is 2.12. The summed E-state index contributed by atoms with van der Waals surface area (Å²) in [7, 11) is 1.73. The molecule has 0 aromatic rings. The second-order valence-corrected chi connectivity index (χ2v) is 2.34. The summed E-state index contributed by atoms with van der Waals surface area (Å²) in [6.45, 7) is 4.74. The van der Waals surface area contributed by atoms with E-state index < -0.39 is 0 Å². The van der Waals surface area contributed by atoms with Crippen molar-refractivity contribution in [1.29, 1.82) is 0 Å². The number of hydrogen-bond donors (Lipinski definition) is 2. The summed E-state index contributed by atoms with van der Waals surface area (Å²) in [5.74, 6) is 0.810. The van der Waals surface area contributed by atoms with Crippen LogP contribution in [0.2, 0.25) is 0 Å². The minimum absolute atomic E-state index is 0.0614. The van der Waals surface area contributed by atoms with Crippen molar-refractivity contribution < 1.29 is 4.84 Å². The highest BCUT2D eigenvalue weighted by molar-refractivity contribution is 5.58. The monoisotopic (exact) mass is 185 g/mol. The first-order valence-corrected chi connectivity index (χ1v) is 4.60. The maximum atomic E-state index is 5.74. The lowest BCUT2D eigenvalue weighted by Gasteiger charge is -2.08. The van der Waals surface area contributed by atoms with E-state index in [1.165, 1.54) is 0 Å². The molecule has 0 saturated carbocycles. The van der Waals surface area contributed by atoms with Gasteiger partial charge in [-0.3, -0.25) is 0 Å². The molecule has 0 saturated heterocycles. The largest absolute Gasteiger partial charge is 0.411 e. The quantitative estimate of drug-likeness (QED) is 0.641. The van der Waals surface area contributed by atoms with Crippen LogP contribution in [0.3, 0.4) is 0 Å². The molecule has 0 spiro atoms. The molecule has 13 heavy (non-hydrogen) atoms. The number of hydroxylamine groups is 1. The molecule has 0 fully saturated rings. The second kappa shape index (κ2) is 7.76. The van der Waals surface area contributed by atoms with E-state index in [1.54, 1.807) is 13.3 Å². The molecule has 1 aliphatic rings. The van der Waals surface area contributed by atoms with E-state index >= 15 is 0 Å². The zero-order valence-corrected chi connectivity index (χ0v) is 8.58. The van der Waals surface area contributed by atoms with Gasteiger partial charge in [0.25, 0.3) is 0 Å². The first-order valence-electron chi connectivity index (χ1n) is 4.60. The molecule has 1 unspecified atom stereocenters. The Morgan fingerprint density at radius 2 is 2.46 bits per heavy atom. The first-order chi connectivity index (χ1) is 6.34. The van der Waals surface area contributed by atoms with Crippen LogP contribution in [-0.2, 0) is 4.84 Å². The molecule has 0 radical (unpaired) electrons. The molecule has 0 amide bonds. The Bertz CT molecular complexity index is 178. The van der Waals surface area contributed by atoms with E-state index in [-0.39, 0.29) is 6.04 Å². The van der Waals surface area contributed by atoms with Gasteiger partial charge >= 0.3 is 0 Å². The molecule has 76 valence electrons. The maximum Gasteiger partial charge on any atom is 0.138 e. The third-order valence-corrected chi connectivity index (χ3v) is 1.48. The number of aliphatic imine (C=N–C) groups is 1. The predicted octanol–water partition coefficient (Wildman–Crippen LogP) is 0.849. The smallest absolute Gasteiger partial charge is 0.138 e. The highest BCUT2D eigenvalue weighted by Crippen LogP contribution is 2.06. The Labute approximate surface area is 79.8 Å². The Morgan fingerprint density at radius 3 is 2.92 bits per heavy atom. The summed E-state index contributed by atoms with van der Waals surface area (Å²) in [5.41, 5.74) is 8.45. The van der Waals surface area contributed by atoms with Gasteiger partial charge in [-0.05, 0) is 6.08 Å². The van der Waals surface area contributed by atoms with Crippen LogP contribution in [-0.4, -0.2) is 25.8 Å². The van der Waals surface area contributed by atoms with E-state index in [0.717, 1.165) is 18.7 Å². The maximum absolute atomic E-state index is 5.74. The number of nitrogens with two attached hydrogens (primary N) is 1. The van der Waals surface area contributed by atoms with E-state index in [2.05, 4.69) is 10.5 Å². The number of hydrogen-bond acceptors (Lipinski definition) is 4. The van der Waals surface area contributed by atoms with Crippen molar-refractivity contribution in [3.8, 4) is 0 Å². The molecule has 0 aromatic carbocycles. The molecule has 4 heteroatoms. The average Bonchev–Trinajstić information content (AvgIpc) is 2.70. The highest BCUT2D eigenvalue weighted by atomic mass is 16.7. The number of nitrogens with zero attached hydrogens (tertiary/aromatic N) is 1. The third-order valence-electron chi connectivity index (χ3n) is 1.48. The molecule has 1 atom stereocenters. The Morgan fingerprint density at radius 1 is 1.77 bits per heavy atom. The number of nitrogens with one attached hydrogen (secondary N) is 1. The molecule has 1 rings (SSSR count). The van der Waals surface area contributed by atoms with Gasteiger partial charge in [0.15, 0.2) is 0 Å². The van der Waals surface area contributed by atoms with Gasteiger partial charge in [0, 0.05) is 19.7 Å². The van der Waals surface area contributed by atoms with Crippen LogP contribution in [0.1, 0.15) is 20.3 Å². The summed E-state index contributed by atoms with van der Waals surface area (Å²) in [5, 5.41) is 0. The molecule has 1 heterocycles. The van der Waals surface area contributed by atoms with Crippen LogP contribution < -0.4 is 11.2 Å². The van der Waals surface area contributed by atoms with Gasteiger partial charge in [-0.2, -0.15) is 5.48 Å². The Hall–Kier alpha value is -0.870. The minimum atomic E-state index is -0.0614. The summed E-state index contributed by atoms with van der Waals surface area (Å²) in [6, 6.07) is -0.0614. The van der Waals surface area contributed by atoms with Crippen LogP contribution in [0.5, 0.6) is 0 Å². The Kier molecular flexibility index (Phi) is 7.24. The van der Waals surface area contributed by atoms with Crippen molar-refractivity contribution >= 4 is 6.21 Å². The zero-order chi connectivity index (χ0) is 10.1. The second-order valence-electron chi connectivity index (χ2n) is 2.34. The Balaban J connectivity index is 0.000000671.